The summed E-state index contributed by atoms with van der Waals surface area (Å²) in [4.78, 5) is 30.1. The normalized spacial score (nSPS) is 18.4. The lowest BCUT2D eigenvalue weighted by Gasteiger charge is -2.17. The number of aromatic nitrogens is 1. The smallest absolute Gasteiger partial charge is 0.258 e. The fourth-order valence-electron chi connectivity index (χ4n) is 2.62. The third kappa shape index (κ3) is 3.79. The van der Waals surface area contributed by atoms with Gasteiger partial charge in [-0.15, -0.1) is 0 Å². The average molecular weight is 339 g/mol. The number of benzene rings is 1. The number of hydrogen-bond donors (Lipinski definition) is 1. The molecule has 3 rings (SSSR count). The van der Waals surface area contributed by atoms with Crippen LogP contribution in [0, 0.1) is 11.8 Å². The largest absolute Gasteiger partial charge is 0.481 e. The Labute approximate surface area is 146 Å². The van der Waals surface area contributed by atoms with Gasteiger partial charge in [-0.1, -0.05) is 6.92 Å². The lowest BCUT2D eigenvalue weighted by atomic mass is 10.1. The molecule has 0 spiro atoms. The Bertz CT molecular complexity index is 772. The van der Waals surface area contributed by atoms with Crippen molar-refractivity contribution in [3.63, 3.8) is 0 Å². The molecule has 1 N–H and O–H groups in total. The van der Waals surface area contributed by atoms with Crippen molar-refractivity contribution in [1.29, 1.82) is 0 Å². The number of methoxy groups -OCH3 is 1. The average Bonchev–Trinajstić information content (AvgIpc) is 3.38. The van der Waals surface area contributed by atoms with Crippen LogP contribution in [-0.4, -0.2) is 31.0 Å². The van der Waals surface area contributed by atoms with E-state index in [1.165, 1.54) is 4.90 Å². The van der Waals surface area contributed by atoms with Crippen molar-refractivity contribution in [2.75, 3.05) is 24.4 Å². The van der Waals surface area contributed by atoms with Crippen LogP contribution in [0.25, 0.3) is 0 Å². The first-order valence-corrected chi connectivity index (χ1v) is 8.18. The predicted molar refractivity (Wildman–Crippen MR) is 95.9 cm³/mol. The minimum Gasteiger partial charge on any atom is -0.481 e. The number of ether oxygens (including phenoxy) is 1. The summed E-state index contributed by atoms with van der Waals surface area (Å²) in [5, 5.41) is 2.89. The molecule has 0 bridgehead atoms. The fraction of sp³-hybridized carbons (Fsp3) is 0.316. The molecule has 0 radical (unpaired) electrons. The Balaban J connectivity index is 1.66. The second kappa shape index (κ2) is 6.93. The van der Waals surface area contributed by atoms with Gasteiger partial charge < -0.3 is 15.0 Å². The topological polar surface area (TPSA) is 71.5 Å². The van der Waals surface area contributed by atoms with E-state index in [-0.39, 0.29) is 17.7 Å². The van der Waals surface area contributed by atoms with Gasteiger partial charge in [0.05, 0.1) is 19.0 Å². The molecule has 1 aromatic heterocycles. The van der Waals surface area contributed by atoms with E-state index in [0.717, 1.165) is 6.42 Å². The number of carbonyl (C=O) groups excluding carboxylic acids is 2. The summed E-state index contributed by atoms with van der Waals surface area (Å²) in [6.07, 6.45) is 2.53. The SMILES string of the molecule is COc1ccc(N(C)C(=O)c2ccc(NC(=O)[C@@H]3C[C@@H]3C)cc2)cn1. The molecule has 0 saturated heterocycles. The van der Waals surface area contributed by atoms with Crippen molar-refractivity contribution in [3.8, 4) is 5.88 Å². The Morgan fingerprint density at radius 2 is 1.88 bits per heavy atom. The molecule has 6 heteroatoms. The number of hydrogen-bond acceptors (Lipinski definition) is 4. The van der Waals surface area contributed by atoms with Gasteiger partial charge in [0.1, 0.15) is 0 Å². The van der Waals surface area contributed by atoms with Gasteiger partial charge in [-0.3, -0.25) is 9.59 Å². The highest BCUT2D eigenvalue weighted by Crippen LogP contribution is 2.38. The fourth-order valence-corrected chi connectivity index (χ4v) is 2.62. The molecular weight excluding hydrogens is 318 g/mol. The van der Waals surface area contributed by atoms with Gasteiger partial charge in [0, 0.05) is 30.3 Å². The summed E-state index contributed by atoms with van der Waals surface area (Å²) < 4.78 is 5.02. The molecule has 2 aromatic rings. The number of amides is 2. The first kappa shape index (κ1) is 17.0. The molecule has 2 atom stereocenters. The molecule has 6 nitrogen and oxygen atoms in total. The number of anilines is 2. The molecule has 25 heavy (non-hydrogen) atoms. The summed E-state index contributed by atoms with van der Waals surface area (Å²) in [5.41, 5.74) is 1.91. The minimum absolute atomic E-state index is 0.0491. The summed E-state index contributed by atoms with van der Waals surface area (Å²) in [5.74, 6) is 0.978. The molecule has 1 fully saturated rings. The number of carbonyl (C=O) groups is 2. The summed E-state index contributed by atoms with van der Waals surface area (Å²) in [6.45, 7) is 2.07. The number of nitrogens with one attached hydrogen (secondary N) is 1. The van der Waals surface area contributed by atoms with Crippen LogP contribution in [-0.2, 0) is 4.79 Å². The number of rotatable bonds is 5. The van der Waals surface area contributed by atoms with Gasteiger partial charge in [0.25, 0.3) is 5.91 Å². The third-order valence-corrected chi connectivity index (χ3v) is 4.47. The maximum atomic E-state index is 12.6. The van der Waals surface area contributed by atoms with E-state index in [1.54, 1.807) is 56.8 Å². The standard InChI is InChI=1S/C19H21N3O3/c1-12-10-16(12)18(23)21-14-6-4-13(5-7-14)19(24)22(2)15-8-9-17(25-3)20-11-15/h4-9,11-12,16H,10H2,1-3H3,(H,21,23)/t12-,16+/m0/s1. The summed E-state index contributed by atoms with van der Waals surface area (Å²) in [6, 6.07) is 10.4. The van der Waals surface area contributed by atoms with E-state index >= 15 is 0 Å². The zero-order valence-electron chi connectivity index (χ0n) is 14.5. The van der Waals surface area contributed by atoms with Gasteiger partial charge in [0.15, 0.2) is 0 Å². The zero-order chi connectivity index (χ0) is 18.0. The summed E-state index contributed by atoms with van der Waals surface area (Å²) in [7, 11) is 3.23. The van der Waals surface area contributed by atoms with E-state index in [9.17, 15) is 9.59 Å². The van der Waals surface area contributed by atoms with Gasteiger partial charge >= 0.3 is 0 Å². The highest BCUT2D eigenvalue weighted by atomic mass is 16.5. The van der Waals surface area contributed by atoms with E-state index in [0.29, 0.717) is 28.7 Å². The van der Waals surface area contributed by atoms with Crippen molar-refractivity contribution >= 4 is 23.2 Å². The van der Waals surface area contributed by atoms with E-state index in [4.69, 9.17) is 4.74 Å². The van der Waals surface area contributed by atoms with Crippen LogP contribution in [0.5, 0.6) is 5.88 Å². The lowest BCUT2D eigenvalue weighted by Crippen LogP contribution is -2.26. The quantitative estimate of drug-likeness (QED) is 0.909. The maximum Gasteiger partial charge on any atom is 0.258 e. The molecule has 1 aliphatic carbocycles. The van der Waals surface area contributed by atoms with Crippen LogP contribution >= 0.6 is 0 Å². The van der Waals surface area contributed by atoms with Gasteiger partial charge in [-0.2, -0.15) is 0 Å². The van der Waals surface area contributed by atoms with Gasteiger partial charge in [-0.05, 0) is 42.7 Å². The lowest BCUT2D eigenvalue weighted by molar-refractivity contribution is -0.117. The van der Waals surface area contributed by atoms with Crippen molar-refractivity contribution in [2.45, 2.75) is 13.3 Å². The zero-order valence-corrected chi connectivity index (χ0v) is 14.5. The molecule has 1 saturated carbocycles. The Hall–Kier alpha value is -2.89. The van der Waals surface area contributed by atoms with E-state index in [2.05, 4.69) is 17.2 Å². The molecular formula is C19H21N3O3. The Kier molecular flexibility index (Phi) is 4.70. The van der Waals surface area contributed by atoms with Crippen molar-refractivity contribution in [1.82, 2.24) is 4.98 Å². The Morgan fingerprint density at radius 1 is 1.20 bits per heavy atom. The van der Waals surface area contributed by atoms with E-state index in [1.807, 2.05) is 0 Å². The van der Waals surface area contributed by atoms with Gasteiger partial charge in [-0.25, -0.2) is 4.98 Å². The van der Waals surface area contributed by atoms with Crippen molar-refractivity contribution in [3.05, 3.63) is 48.2 Å². The van der Waals surface area contributed by atoms with Crippen LogP contribution in [0.2, 0.25) is 0 Å². The van der Waals surface area contributed by atoms with Crippen LogP contribution in [0.1, 0.15) is 23.7 Å². The van der Waals surface area contributed by atoms with Crippen molar-refractivity contribution in [2.24, 2.45) is 11.8 Å². The molecule has 1 aromatic carbocycles. The van der Waals surface area contributed by atoms with Crippen LogP contribution in [0.3, 0.4) is 0 Å². The van der Waals surface area contributed by atoms with E-state index < -0.39 is 0 Å². The van der Waals surface area contributed by atoms with Crippen molar-refractivity contribution < 1.29 is 14.3 Å². The predicted octanol–water partition coefficient (Wildman–Crippen LogP) is 2.96. The first-order chi connectivity index (χ1) is 12.0. The highest BCUT2D eigenvalue weighted by molar-refractivity contribution is 6.06. The van der Waals surface area contributed by atoms with Crippen LogP contribution < -0.4 is 15.0 Å². The number of pyridine rings is 1. The molecule has 130 valence electrons. The van der Waals surface area contributed by atoms with Gasteiger partial charge in [0.2, 0.25) is 11.8 Å². The second-order valence-corrected chi connectivity index (χ2v) is 6.31. The Morgan fingerprint density at radius 3 is 2.40 bits per heavy atom. The summed E-state index contributed by atoms with van der Waals surface area (Å²) >= 11 is 0. The van der Waals surface area contributed by atoms with Crippen LogP contribution in [0.15, 0.2) is 42.6 Å². The maximum absolute atomic E-state index is 12.6. The molecule has 2 amide bonds. The molecule has 0 unspecified atom stereocenters. The third-order valence-electron chi connectivity index (χ3n) is 4.47. The monoisotopic (exact) mass is 339 g/mol. The molecule has 1 aliphatic rings. The molecule has 1 heterocycles. The highest BCUT2D eigenvalue weighted by Gasteiger charge is 2.39. The first-order valence-electron chi connectivity index (χ1n) is 8.18. The molecule has 0 aliphatic heterocycles. The number of nitrogens with zero attached hydrogens (tertiary/aromatic N) is 2. The second-order valence-electron chi connectivity index (χ2n) is 6.31. The minimum atomic E-state index is -0.152. The van der Waals surface area contributed by atoms with Crippen LogP contribution in [0.4, 0.5) is 11.4 Å².